The van der Waals surface area contributed by atoms with Crippen molar-refractivity contribution < 1.29 is 14.3 Å². The fraction of sp³-hybridized carbons (Fsp3) is 0.125. The van der Waals surface area contributed by atoms with Gasteiger partial charge in [-0.05, 0) is 48.4 Å². The number of aryl methyl sites for hydroxylation is 1. The second kappa shape index (κ2) is 9.13. The van der Waals surface area contributed by atoms with Crippen molar-refractivity contribution >= 4 is 17.8 Å². The number of fused-ring (bicyclic) bond motifs is 1. The van der Waals surface area contributed by atoms with E-state index in [4.69, 9.17) is 9.47 Å². The fourth-order valence-corrected chi connectivity index (χ4v) is 3.17. The van der Waals surface area contributed by atoms with Crippen LogP contribution < -0.4 is 14.9 Å². The summed E-state index contributed by atoms with van der Waals surface area (Å²) >= 11 is 0. The van der Waals surface area contributed by atoms with E-state index in [1.807, 2.05) is 78.2 Å². The molecule has 0 fully saturated rings. The molecule has 31 heavy (non-hydrogen) atoms. The number of amides is 1. The molecular weight excluding hydrogens is 392 g/mol. The Balaban J connectivity index is 1.42. The molecule has 0 saturated carbocycles. The normalized spacial score (nSPS) is 11.0. The van der Waals surface area contributed by atoms with E-state index in [0.717, 1.165) is 16.8 Å². The highest BCUT2D eigenvalue weighted by Gasteiger charge is 2.15. The number of benzene rings is 2. The summed E-state index contributed by atoms with van der Waals surface area (Å²) in [5.41, 5.74) is 6.17. The second-order valence-electron chi connectivity index (χ2n) is 6.86. The quantitative estimate of drug-likeness (QED) is 0.366. The van der Waals surface area contributed by atoms with E-state index in [0.29, 0.717) is 29.4 Å². The molecule has 0 aliphatic heterocycles. The van der Waals surface area contributed by atoms with E-state index in [1.54, 1.807) is 19.4 Å². The maximum absolute atomic E-state index is 12.5. The molecule has 2 aromatic carbocycles. The average Bonchev–Trinajstić information content (AvgIpc) is 3.15. The number of pyridine rings is 1. The number of nitrogens with one attached hydrogen (secondary N) is 1. The first kappa shape index (κ1) is 20.2. The number of ether oxygens (including phenoxy) is 2. The van der Waals surface area contributed by atoms with E-state index < -0.39 is 0 Å². The highest BCUT2D eigenvalue weighted by molar-refractivity contribution is 5.95. The Morgan fingerprint density at radius 2 is 1.90 bits per heavy atom. The lowest BCUT2D eigenvalue weighted by molar-refractivity contribution is 0.0950. The molecule has 0 atom stereocenters. The van der Waals surface area contributed by atoms with Gasteiger partial charge in [-0.1, -0.05) is 36.4 Å². The predicted molar refractivity (Wildman–Crippen MR) is 119 cm³/mol. The first-order valence-electron chi connectivity index (χ1n) is 9.77. The third-order valence-electron chi connectivity index (χ3n) is 4.79. The minimum atomic E-state index is -0.368. The molecule has 1 amide bonds. The molecule has 2 aromatic heterocycles. The van der Waals surface area contributed by atoms with Crippen molar-refractivity contribution in [1.82, 2.24) is 14.8 Å². The van der Waals surface area contributed by atoms with E-state index in [1.165, 1.54) is 0 Å². The number of carbonyl (C=O) groups is 1. The Hall–Kier alpha value is -4.13. The molecule has 0 unspecified atom stereocenters. The first-order valence-corrected chi connectivity index (χ1v) is 9.77. The summed E-state index contributed by atoms with van der Waals surface area (Å²) in [5.74, 6) is 0.850. The van der Waals surface area contributed by atoms with Crippen LogP contribution in [0.5, 0.6) is 11.5 Å². The largest absolute Gasteiger partial charge is 0.493 e. The number of imidazole rings is 1. The molecule has 2 heterocycles. The molecule has 0 spiro atoms. The third kappa shape index (κ3) is 4.56. The van der Waals surface area contributed by atoms with Crippen LogP contribution >= 0.6 is 0 Å². The van der Waals surface area contributed by atoms with Gasteiger partial charge in [0.2, 0.25) is 0 Å². The van der Waals surface area contributed by atoms with E-state index in [-0.39, 0.29) is 5.91 Å². The summed E-state index contributed by atoms with van der Waals surface area (Å²) in [7, 11) is 1.58. The van der Waals surface area contributed by atoms with Crippen LogP contribution in [0.2, 0.25) is 0 Å². The molecule has 0 aliphatic rings. The van der Waals surface area contributed by atoms with Crippen LogP contribution in [0.1, 0.15) is 27.3 Å². The van der Waals surface area contributed by atoms with Gasteiger partial charge in [0.25, 0.3) is 5.91 Å². The van der Waals surface area contributed by atoms with Gasteiger partial charge in [0.1, 0.15) is 12.3 Å². The van der Waals surface area contributed by atoms with Gasteiger partial charge >= 0.3 is 0 Å². The van der Waals surface area contributed by atoms with Crippen molar-refractivity contribution in [2.24, 2.45) is 5.10 Å². The Kier molecular flexibility index (Phi) is 5.93. The number of nitrogens with zero attached hydrogens (tertiary/aromatic N) is 3. The summed E-state index contributed by atoms with van der Waals surface area (Å²) < 4.78 is 13.2. The summed E-state index contributed by atoms with van der Waals surface area (Å²) in [6, 6.07) is 21.0. The molecule has 0 aliphatic carbocycles. The molecule has 7 nitrogen and oxygen atoms in total. The predicted octanol–water partition coefficient (Wildman–Crippen LogP) is 3.99. The lowest BCUT2D eigenvalue weighted by Crippen LogP contribution is -2.19. The highest BCUT2D eigenvalue weighted by atomic mass is 16.5. The van der Waals surface area contributed by atoms with Crippen LogP contribution in [0.3, 0.4) is 0 Å². The zero-order valence-corrected chi connectivity index (χ0v) is 17.3. The topological polar surface area (TPSA) is 77.2 Å². The smallest absolute Gasteiger partial charge is 0.291 e. The number of rotatable bonds is 7. The van der Waals surface area contributed by atoms with Gasteiger partial charge in [0.15, 0.2) is 17.2 Å². The van der Waals surface area contributed by atoms with Gasteiger partial charge in [-0.15, -0.1) is 0 Å². The molecule has 4 rings (SSSR count). The number of methoxy groups -OCH3 is 1. The van der Waals surface area contributed by atoms with Crippen LogP contribution in [0.25, 0.3) is 5.65 Å². The summed E-state index contributed by atoms with van der Waals surface area (Å²) in [6.07, 6.45) is 3.41. The Morgan fingerprint density at radius 1 is 1.10 bits per heavy atom. The van der Waals surface area contributed by atoms with Crippen LogP contribution in [0.4, 0.5) is 0 Å². The molecule has 0 bridgehead atoms. The van der Waals surface area contributed by atoms with E-state index in [9.17, 15) is 4.79 Å². The monoisotopic (exact) mass is 414 g/mol. The minimum absolute atomic E-state index is 0.339. The lowest BCUT2D eigenvalue weighted by atomic mass is 10.2. The standard InChI is InChI=1S/C24H22N4O3/c1-17-23(26-22-10-6-7-13-28(17)22)24(29)27-25-15-19-11-12-20(21(14-19)30-2)31-16-18-8-4-3-5-9-18/h3-15H,16H2,1-2H3,(H,27,29)/b25-15+. The Labute approximate surface area is 180 Å². The van der Waals surface area contributed by atoms with Gasteiger partial charge in [0, 0.05) is 6.20 Å². The summed E-state index contributed by atoms with van der Waals surface area (Å²) in [4.78, 5) is 16.8. The molecule has 0 radical (unpaired) electrons. The maximum atomic E-state index is 12.5. The van der Waals surface area contributed by atoms with Crippen molar-refractivity contribution in [2.45, 2.75) is 13.5 Å². The Bertz CT molecular complexity index is 1230. The molecule has 0 saturated heterocycles. The average molecular weight is 414 g/mol. The maximum Gasteiger partial charge on any atom is 0.291 e. The van der Waals surface area contributed by atoms with Gasteiger partial charge in [-0.2, -0.15) is 5.10 Å². The molecule has 4 aromatic rings. The SMILES string of the molecule is COc1cc(/C=N/NC(=O)c2nc3ccccn3c2C)ccc1OCc1ccccc1. The summed E-state index contributed by atoms with van der Waals surface area (Å²) in [5, 5.41) is 4.06. The Morgan fingerprint density at radius 3 is 2.68 bits per heavy atom. The van der Waals surface area contributed by atoms with Crippen LogP contribution in [0, 0.1) is 6.92 Å². The highest BCUT2D eigenvalue weighted by Crippen LogP contribution is 2.28. The van der Waals surface area contributed by atoms with Crippen molar-refractivity contribution in [3.8, 4) is 11.5 Å². The van der Waals surface area contributed by atoms with Crippen LogP contribution in [0.15, 0.2) is 78.0 Å². The van der Waals surface area contributed by atoms with Crippen molar-refractivity contribution in [3.63, 3.8) is 0 Å². The number of aromatic nitrogens is 2. The van der Waals surface area contributed by atoms with Gasteiger partial charge in [-0.25, -0.2) is 10.4 Å². The minimum Gasteiger partial charge on any atom is -0.493 e. The molecule has 7 heteroatoms. The van der Waals surface area contributed by atoms with Crippen LogP contribution in [-0.2, 0) is 6.61 Å². The van der Waals surface area contributed by atoms with Gasteiger partial charge in [0.05, 0.1) is 19.0 Å². The second-order valence-corrected chi connectivity index (χ2v) is 6.86. The summed E-state index contributed by atoms with van der Waals surface area (Å²) in [6.45, 7) is 2.29. The van der Waals surface area contributed by atoms with Crippen molar-refractivity contribution in [3.05, 3.63) is 95.4 Å². The van der Waals surface area contributed by atoms with Crippen molar-refractivity contribution in [2.75, 3.05) is 7.11 Å². The zero-order chi connectivity index (χ0) is 21.6. The van der Waals surface area contributed by atoms with Crippen LogP contribution in [-0.4, -0.2) is 28.6 Å². The third-order valence-corrected chi connectivity index (χ3v) is 4.79. The van der Waals surface area contributed by atoms with Crippen molar-refractivity contribution in [1.29, 1.82) is 0 Å². The lowest BCUT2D eigenvalue weighted by Gasteiger charge is -2.11. The van der Waals surface area contributed by atoms with Gasteiger partial charge < -0.3 is 13.9 Å². The number of hydrogen-bond acceptors (Lipinski definition) is 5. The van der Waals surface area contributed by atoms with Gasteiger partial charge in [-0.3, -0.25) is 4.79 Å². The zero-order valence-electron chi connectivity index (χ0n) is 17.3. The number of carbonyl (C=O) groups excluding carboxylic acids is 1. The van der Waals surface area contributed by atoms with E-state index >= 15 is 0 Å². The first-order chi connectivity index (χ1) is 15.2. The fourth-order valence-electron chi connectivity index (χ4n) is 3.17. The number of hydrogen-bond donors (Lipinski definition) is 1. The van der Waals surface area contributed by atoms with E-state index in [2.05, 4.69) is 15.5 Å². The molecule has 156 valence electrons. The molecule has 1 N–H and O–H groups in total. The number of hydrazone groups is 1. The molecular formula is C24H22N4O3.